The summed E-state index contributed by atoms with van der Waals surface area (Å²) in [5.74, 6) is -1.66. The monoisotopic (exact) mass is 499 g/mol. The van der Waals surface area contributed by atoms with Gasteiger partial charge in [0.25, 0.3) is 5.91 Å². The Morgan fingerprint density at radius 1 is 1.09 bits per heavy atom. The van der Waals surface area contributed by atoms with Gasteiger partial charge in [0.1, 0.15) is 5.82 Å². The zero-order chi connectivity index (χ0) is 24.8. The van der Waals surface area contributed by atoms with Crippen molar-refractivity contribution >= 4 is 11.9 Å². The first kappa shape index (κ1) is 29.5. The molecule has 1 aromatic heterocycles. The molecule has 1 aliphatic heterocycles. The molecule has 0 bridgehead atoms. The van der Waals surface area contributed by atoms with Crippen LogP contribution in [0, 0.1) is 5.82 Å². The molecule has 1 fully saturated rings. The number of hydrogen-bond acceptors (Lipinski definition) is 5. The van der Waals surface area contributed by atoms with Crippen LogP contribution < -0.4 is 29.6 Å². The van der Waals surface area contributed by atoms with Crippen LogP contribution in [0.4, 0.5) is 4.39 Å². The number of hydrogen-bond donors (Lipinski definition) is 3. The van der Waals surface area contributed by atoms with E-state index >= 15 is 0 Å². The third-order valence-corrected chi connectivity index (χ3v) is 6.18. The van der Waals surface area contributed by atoms with Crippen molar-refractivity contribution in [3.05, 3.63) is 47.0 Å². The smallest absolute Gasteiger partial charge is 1.00 e. The number of nitrogens with zero attached hydrogens (tertiary/aromatic N) is 3. The van der Waals surface area contributed by atoms with Crippen molar-refractivity contribution < 1.29 is 60.3 Å². The van der Waals surface area contributed by atoms with Crippen LogP contribution in [0.5, 0.6) is 0 Å². The van der Waals surface area contributed by atoms with E-state index in [1.165, 1.54) is 12.1 Å². The van der Waals surface area contributed by atoms with Gasteiger partial charge in [0.15, 0.2) is 5.69 Å². The molecule has 10 heteroatoms. The minimum Gasteiger partial charge on any atom is -1.00 e. The Hall–Kier alpha value is -1.78. The molecule has 1 amide bonds. The Bertz CT molecular complexity index is 996. The van der Waals surface area contributed by atoms with E-state index in [4.69, 9.17) is 5.11 Å². The first-order chi connectivity index (χ1) is 16.2. The van der Waals surface area contributed by atoms with E-state index in [9.17, 15) is 24.2 Å². The third-order valence-electron chi connectivity index (χ3n) is 6.18. The minimum absolute atomic E-state index is 0. The number of carboxylic acids is 1. The van der Waals surface area contributed by atoms with Crippen LogP contribution in [0.15, 0.2) is 24.3 Å². The molecule has 0 saturated carbocycles. The summed E-state index contributed by atoms with van der Waals surface area (Å²) in [4.78, 5) is 26.0. The van der Waals surface area contributed by atoms with Crippen molar-refractivity contribution in [1.29, 1.82) is 0 Å². The molecule has 35 heavy (non-hydrogen) atoms. The van der Waals surface area contributed by atoms with Crippen LogP contribution >= 0.6 is 0 Å². The summed E-state index contributed by atoms with van der Waals surface area (Å²) >= 11 is 0. The van der Waals surface area contributed by atoms with Crippen molar-refractivity contribution in [1.82, 2.24) is 14.7 Å². The second-order valence-corrected chi connectivity index (χ2v) is 9.28. The van der Waals surface area contributed by atoms with Gasteiger partial charge in [0.2, 0.25) is 0 Å². The largest absolute Gasteiger partial charge is 1.00 e. The average Bonchev–Trinajstić information content (AvgIpc) is 3.17. The average molecular weight is 500 g/mol. The van der Waals surface area contributed by atoms with Crippen LogP contribution in [-0.4, -0.2) is 67.2 Å². The predicted molar refractivity (Wildman–Crippen MR) is 126 cm³/mol. The number of aliphatic hydroxyl groups is 2. The van der Waals surface area contributed by atoms with Crippen molar-refractivity contribution in [3.8, 4) is 5.69 Å². The van der Waals surface area contributed by atoms with Gasteiger partial charge in [-0.15, -0.1) is 0 Å². The van der Waals surface area contributed by atoms with Crippen LogP contribution in [0.2, 0.25) is 0 Å². The molecular formula is C25H35FN3NaO5. The number of piperidine rings is 1. The molecule has 8 nitrogen and oxygen atoms in total. The van der Waals surface area contributed by atoms with Gasteiger partial charge in [0, 0.05) is 24.3 Å². The standard InChI is InChI=1S/C25H34FN3O5.Na.H/c1-16(2)23-21(11-10-19(30)14-20(31)15-22(32)33)29(18-8-6-17(26)7-9-18)27-24(23)25(34)28-12-4-3-5-13-28;;/h6-9,16,19-20,30-31H,3-5,10-15H2,1-2H3,(H,32,33);;/q;+1;-1/t19-,20-;;/m1../s1. The third kappa shape index (κ3) is 7.85. The molecule has 3 N–H and O–H groups in total. The molecular weight excluding hydrogens is 464 g/mol. The van der Waals surface area contributed by atoms with Crippen LogP contribution in [-0.2, 0) is 11.2 Å². The van der Waals surface area contributed by atoms with E-state index in [0.29, 0.717) is 30.9 Å². The van der Waals surface area contributed by atoms with Gasteiger partial charge >= 0.3 is 35.5 Å². The number of aliphatic hydroxyl groups excluding tert-OH is 2. The molecule has 0 aliphatic carbocycles. The predicted octanol–water partition coefficient (Wildman–Crippen LogP) is 0.397. The van der Waals surface area contributed by atoms with Crippen molar-refractivity contribution in [2.75, 3.05) is 13.1 Å². The topological polar surface area (TPSA) is 116 Å². The van der Waals surface area contributed by atoms with E-state index in [2.05, 4.69) is 5.10 Å². The van der Waals surface area contributed by atoms with E-state index in [-0.39, 0.29) is 61.5 Å². The number of rotatable bonds is 10. The number of likely N-dealkylation sites (tertiary alicyclic amines) is 1. The Balaban J connectivity index is 0.00000324. The molecule has 0 unspecified atom stereocenters. The van der Waals surface area contributed by atoms with Gasteiger partial charge in [-0.1, -0.05) is 13.8 Å². The molecule has 3 rings (SSSR count). The number of carbonyl (C=O) groups is 2. The molecule has 1 aliphatic rings. The van der Waals surface area contributed by atoms with Gasteiger partial charge in [0.05, 0.1) is 24.3 Å². The maximum absolute atomic E-state index is 13.6. The molecule has 188 valence electrons. The van der Waals surface area contributed by atoms with Crippen molar-refractivity contribution in [2.24, 2.45) is 0 Å². The number of aliphatic carboxylic acids is 1. The summed E-state index contributed by atoms with van der Waals surface area (Å²) < 4.78 is 15.2. The Kier molecular flexibility index (Phi) is 11.4. The van der Waals surface area contributed by atoms with Crippen LogP contribution in [0.3, 0.4) is 0 Å². The fourth-order valence-electron chi connectivity index (χ4n) is 4.53. The number of carboxylic acid groups (broad SMARTS) is 1. The van der Waals surface area contributed by atoms with Gasteiger partial charge in [-0.3, -0.25) is 9.59 Å². The second-order valence-electron chi connectivity index (χ2n) is 9.28. The van der Waals surface area contributed by atoms with Gasteiger partial charge < -0.3 is 21.6 Å². The quantitative estimate of drug-likeness (QED) is 0.408. The van der Waals surface area contributed by atoms with Crippen LogP contribution in [0.25, 0.3) is 5.69 Å². The van der Waals surface area contributed by atoms with E-state index < -0.39 is 24.6 Å². The molecule has 2 aromatic rings. The summed E-state index contributed by atoms with van der Waals surface area (Å²) in [6.45, 7) is 5.34. The Morgan fingerprint density at radius 2 is 1.71 bits per heavy atom. The summed E-state index contributed by atoms with van der Waals surface area (Å²) in [7, 11) is 0. The van der Waals surface area contributed by atoms with Crippen molar-refractivity contribution in [2.45, 2.75) is 76.9 Å². The zero-order valence-corrected chi connectivity index (χ0v) is 22.8. The number of benzene rings is 1. The first-order valence-electron chi connectivity index (χ1n) is 11.9. The number of carbonyl (C=O) groups excluding carboxylic acids is 1. The van der Waals surface area contributed by atoms with Gasteiger partial charge in [-0.05, 0) is 68.7 Å². The Labute approximate surface area is 228 Å². The minimum atomic E-state index is -1.14. The summed E-state index contributed by atoms with van der Waals surface area (Å²) in [5.41, 5.74) is 2.51. The van der Waals surface area contributed by atoms with Crippen LogP contribution in [0.1, 0.15) is 81.5 Å². The normalized spacial score (nSPS) is 15.5. The molecule has 0 radical (unpaired) electrons. The van der Waals surface area contributed by atoms with Gasteiger partial charge in [-0.2, -0.15) is 5.10 Å². The number of aromatic nitrogens is 2. The fourth-order valence-corrected chi connectivity index (χ4v) is 4.53. The Morgan fingerprint density at radius 3 is 2.29 bits per heavy atom. The summed E-state index contributed by atoms with van der Waals surface area (Å²) in [5, 5.41) is 33.8. The second kappa shape index (κ2) is 13.5. The SMILES string of the molecule is CC(C)c1c(C(=O)N2CCCCC2)nn(-c2ccc(F)cc2)c1CC[C@@H](O)C[C@@H](O)CC(=O)O.[H-].[Na+]. The number of amides is 1. The van der Waals surface area contributed by atoms with E-state index in [1.54, 1.807) is 16.8 Å². The molecule has 1 saturated heterocycles. The number of halogens is 1. The van der Waals surface area contributed by atoms with Crippen molar-refractivity contribution in [3.63, 3.8) is 0 Å². The summed E-state index contributed by atoms with van der Waals surface area (Å²) in [6, 6.07) is 5.86. The fraction of sp³-hybridized carbons (Fsp3) is 0.560. The molecule has 1 aromatic carbocycles. The first-order valence-corrected chi connectivity index (χ1v) is 11.9. The molecule has 0 spiro atoms. The zero-order valence-electron chi connectivity index (χ0n) is 21.8. The van der Waals surface area contributed by atoms with Gasteiger partial charge in [-0.25, -0.2) is 9.07 Å². The van der Waals surface area contributed by atoms with E-state index in [1.807, 2.05) is 18.7 Å². The van der Waals surface area contributed by atoms with E-state index in [0.717, 1.165) is 30.5 Å². The summed E-state index contributed by atoms with van der Waals surface area (Å²) in [6.07, 6.45) is 1.05. The molecule has 2 heterocycles. The molecule has 2 atom stereocenters. The maximum Gasteiger partial charge on any atom is 1.00 e. The maximum atomic E-state index is 13.6.